The van der Waals surface area contributed by atoms with Crippen molar-refractivity contribution in [2.75, 3.05) is 6.26 Å². The van der Waals surface area contributed by atoms with Crippen molar-refractivity contribution in [3.05, 3.63) is 83.8 Å². The van der Waals surface area contributed by atoms with Crippen LogP contribution >= 0.6 is 0 Å². The first-order chi connectivity index (χ1) is 15.6. The zero-order valence-electron chi connectivity index (χ0n) is 18.3. The Hall–Kier alpha value is -2.62. The van der Waals surface area contributed by atoms with E-state index in [-0.39, 0.29) is 23.2 Å². The summed E-state index contributed by atoms with van der Waals surface area (Å²) in [5.74, 6) is -0.524. The molecule has 0 spiro atoms. The van der Waals surface area contributed by atoms with Crippen LogP contribution in [0.1, 0.15) is 36.1 Å². The lowest BCUT2D eigenvalue weighted by molar-refractivity contribution is 0.279. The molecule has 1 aliphatic heterocycles. The van der Waals surface area contributed by atoms with Crippen LogP contribution in [0.2, 0.25) is 0 Å². The third kappa shape index (κ3) is 4.85. The molecule has 2 heterocycles. The van der Waals surface area contributed by atoms with Gasteiger partial charge in [0, 0.05) is 36.2 Å². The zero-order chi connectivity index (χ0) is 23.8. The van der Waals surface area contributed by atoms with Gasteiger partial charge in [0.1, 0.15) is 11.1 Å². The Morgan fingerprint density at radius 1 is 1.03 bits per heavy atom. The number of rotatable bonds is 5. The third-order valence-corrected chi connectivity index (χ3v) is 9.40. The number of halogens is 1. The lowest BCUT2D eigenvalue weighted by atomic mass is 10.0. The molecule has 0 radical (unpaired) electrons. The number of nitrogens with zero attached hydrogens (tertiary/aromatic N) is 2. The topological polar surface area (TPSA) is 84.4 Å². The quantitative estimate of drug-likeness (QED) is 0.533. The van der Waals surface area contributed by atoms with Crippen molar-refractivity contribution in [3.63, 3.8) is 0 Å². The minimum atomic E-state index is -3.66. The summed E-state index contributed by atoms with van der Waals surface area (Å²) in [4.78, 5) is 3.94. The van der Waals surface area contributed by atoms with Crippen LogP contribution in [0, 0.1) is 5.82 Å². The van der Waals surface area contributed by atoms with Crippen LogP contribution in [0.15, 0.2) is 71.9 Å². The van der Waals surface area contributed by atoms with E-state index in [4.69, 9.17) is 0 Å². The molecule has 0 saturated carbocycles. The molecule has 0 amide bonds. The van der Waals surface area contributed by atoms with Crippen molar-refractivity contribution < 1.29 is 21.2 Å². The first-order valence-corrected chi connectivity index (χ1v) is 14.0. The van der Waals surface area contributed by atoms with E-state index < -0.39 is 30.9 Å². The maximum atomic E-state index is 15.0. The largest absolute Gasteiger partial charge is 0.244 e. The van der Waals surface area contributed by atoms with Crippen LogP contribution in [-0.4, -0.2) is 38.4 Å². The first-order valence-electron chi connectivity index (χ1n) is 10.6. The summed E-state index contributed by atoms with van der Waals surface area (Å²) in [6, 6.07) is 16.4. The lowest BCUT2D eigenvalue weighted by Crippen LogP contribution is -2.44. The second-order valence-corrected chi connectivity index (χ2v) is 12.4. The van der Waals surface area contributed by atoms with Crippen LogP contribution in [0.3, 0.4) is 0 Å². The number of hydrogen-bond donors (Lipinski definition) is 0. The highest BCUT2D eigenvalue weighted by Gasteiger charge is 2.40. The summed E-state index contributed by atoms with van der Waals surface area (Å²) in [5, 5.41) is -0.697. The van der Waals surface area contributed by atoms with Gasteiger partial charge in [0.2, 0.25) is 10.0 Å². The Balaban J connectivity index is 1.60. The first kappa shape index (κ1) is 23.5. The number of benzene rings is 2. The molecule has 2 unspecified atom stereocenters. The smallest absolute Gasteiger partial charge is 0.221 e. The van der Waals surface area contributed by atoms with Crippen LogP contribution in [0.4, 0.5) is 4.39 Å². The molecule has 0 bridgehead atoms. The molecule has 1 aliphatic rings. The van der Waals surface area contributed by atoms with E-state index in [1.165, 1.54) is 22.6 Å². The number of sulfone groups is 1. The number of aromatic nitrogens is 1. The molecule has 1 aromatic heterocycles. The lowest BCUT2D eigenvalue weighted by Gasteiger charge is -2.37. The monoisotopic (exact) mass is 488 g/mol. The highest BCUT2D eigenvalue weighted by molar-refractivity contribution is 7.90. The van der Waals surface area contributed by atoms with Crippen LogP contribution in [0.25, 0.3) is 11.1 Å². The number of hydrogen-bond acceptors (Lipinski definition) is 5. The molecule has 174 valence electrons. The highest BCUT2D eigenvalue weighted by atomic mass is 32.2. The van der Waals surface area contributed by atoms with Gasteiger partial charge in [-0.3, -0.25) is 0 Å². The SMILES string of the molecule is CC1CCC(c2ccccc2)S(=O)(=O)N1Cc1ccc(-c2ccc(S(C)(=O)=O)nc2)cc1F. The summed E-state index contributed by atoms with van der Waals surface area (Å²) >= 11 is 0. The molecule has 0 aliphatic carbocycles. The van der Waals surface area contributed by atoms with Crippen molar-refractivity contribution in [3.8, 4) is 11.1 Å². The molecular weight excluding hydrogens is 463 g/mol. The Kier molecular flexibility index (Phi) is 6.39. The average molecular weight is 489 g/mol. The molecule has 6 nitrogen and oxygen atoms in total. The van der Waals surface area contributed by atoms with Crippen LogP contribution < -0.4 is 0 Å². The van der Waals surface area contributed by atoms with Gasteiger partial charge in [-0.1, -0.05) is 42.5 Å². The fourth-order valence-corrected chi connectivity index (χ4v) is 6.89. The van der Waals surface area contributed by atoms with Gasteiger partial charge in [0.05, 0.1) is 0 Å². The highest BCUT2D eigenvalue weighted by Crippen LogP contribution is 2.38. The van der Waals surface area contributed by atoms with Crippen molar-refractivity contribution in [1.82, 2.24) is 9.29 Å². The van der Waals surface area contributed by atoms with Crippen molar-refractivity contribution in [1.29, 1.82) is 0 Å². The molecule has 1 fully saturated rings. The van der Waals surface area contributed by atoms with E-state index in [9.17, 15) is 16.8 Å². The molecule has 9 heteroatoms. The third-order valence-electron chi connectivity index (χ3n) is 6.02. The van der Waals surface area contributed by atoms with Crippen molar-refractivity contribution >= 4 is 19.9 Å². The Labute approximate surface area is 194 Å². The number of pyridine rings is 1. The minimum Gasteiger partial charge on any atom is -0.244 e. The fraction of sp³-hybridized carbons (Fsp3) is 0.292. The van der Waals surface area contributed by atoms with E-state index in [0.717, 1.165) is 11.8 Å². The van der Waals surface area contributed by atoms with Gasteiger partial charge in [-0.25, -0.2) is 26.2 Å². The van der Waals surface area contributed by atoms with Gasteiger partial charge in [-0.2, -0.15) is 4.31 Å². The average Bonchev–Trinajstić information content (AvgIpc) is 2.77. The molecule has 4 rings (SSSR count). The molecule has 2 aromatic carbocycles. The van der Waals surface area contributed by atoms with Gasteiger partial charge in [-0.05, 0) is 49.1 Å². The summed E-state index contributed by atoms with van der Waals surface area (Å²) in [6.45, 7) is 1.80. The molecule has 2 atom stereocenters. The Morgan fingerprint density at radius 3 is 2.33 bits per heavy atom. The predicted molar refractivity (Wildman–Crippen MR) is 125 cm³/mol. The summed E-state index contributed by atoms with van der Waals surface area (Å²) in [5.41, 5.74) is 2.12. The minimum absolute atomic E-state index is 0.0514. The Bertz CT molecular complexity index is 1360. The molecule has 3 aromatic rings. The second kappa shape index (κ2) is 8.96. The maximum absolute atomic E-state index is 15.0. The Morgan fingerprint density at radius 2 is 1.73 bits per heavy atom. The van der Waals surface area contributed by atoms with Crippen LogP contribution in [0.5, 0.6) is 0 Å². The number of sulfonamides is 1. The standard InChI is InChI=1S/C24H25FN2O4S2/c1-17-8-12-23(18-6-4-3-5-7-18)33(30,31)27(17)16-21-10-9-19(14-22(21)25)20-11-13-24(26-15-20)32(2,28)29/h3-7,9-11,13-15,17,23H,8,12,16H2,1-2H3. The zero-order valence-corrected chi connectivity index (χ0v) is 20.0. The van der Waals surface area contributed by atoms with E-state index in [2.05, 4.69) is 4.98 Å². The predicted octanol–water partition coefficient (Wildman–Crippen LogP) is 4.35. The molecular formula is C24H25FN2O4S2. The van der Waals surface area contributed by atoms with Crippen LogP contribution in [-0.2, 0) is 26.4 Å². The van der Waals surface area contributed by atoms with Crippen molar-refractivity contribution in [2.45, 2.75) is 42.6 Å². The van der Waals surface area contributed by atoms with Gasteiger partial charge in [0.15, 0.2) is 14.9 Å². The van der Waals surface area contributed by atoms with Crippen molar-refractivity contribution in [2.24, 2.45) is 0 Å². The molecule has 0 N–H and O–H groups in total. The summed E-state index contributed by atoms with van der Waals surface area (Å²) in [6.07, 6.45) is 3.67. The summed E-state index contributed by atoms with van der Waals surface area (Å²) < 4.78 is 66.4. The van der Waals surface area contributed by atoms with E-state index in [1.807, 2.05) is 37.3 Å². The van der Waals surface area contributed by atoms with E-state index in [0.29, 0.717) is 24.0 Å². The molecule has 1 saturated heterocycles. The van der Waals surface area contributed by atoms with Gasteiger partial charge in [0.25, 0.3) is 0 Å². The van der Waals surface area contributed by atoms with E-state index >= 15 is 4.39 Å². The molecule has 33 heavy (non-hydrogen) atoms. The normalized spacial score (nSPS) is 21.1. The van der Waals surface area contributed by atoms with Gasteiger partial charge >= 0.3 is 0 Å². The maximum Gasteiger partial charge on any atom is 0.221 e. The van der Waals surface area contributed by atoms with Gasteiger partial charge < -0.3 is 0 Å². The second-order valence-electron chi connectivity index (χ2n) is 8.38. The summed E-state index contributed by atoms with van der Waals surface area (Å²) in [7, 11) is -7.08. The van der Waals surface area contributed by atoms with Gasteiger partial charge in [-0.15, -0.1) is 0 Å². The van der Waals surface area contributed by atoms with E-state index in [1.54, 1.807) is 18.2 Å². The fourth-order valence-electron chi connectivity index (χ4n) is 4.15.